The molecular weight excluding hydrogens is 318 g/mol. The summed E-state index contributed by atoms with van der Waals surface area (Å²) in [6.07, 6.45) is 7.25. The van der Waals surface area contributed by atoms with E-state index in [0.717, 1.165) is 28.6 Å². The fourth-order valence-electron chi connectivity index (χ4n) is 2.75. The van der Waals surface area contributed by atoms with Gasteiger partial charge < -0.3 is 15.2 Å². The Labute approximate surface area is 130 Å². The lowest BCUT2D eigenvalue weighted by molar-refractivity contribution is 0.0667. The lowest BCUT2D eigenvalue weighted by atomic mass is 9.93. The maximum Gasteiger partial charge on any atom is 0.133 e. The Morgan fingerprint density at radius 2 is 1.90 bits per heavy atom. The molecule has 0 aliphatic heterocycles. The average molecular weight is 342 g/mol. The first-order valence-electron chi connectivity index (χ1n) is 7.32. The third-order valence-electron chi connectivity index (χ3n) is 3.97. The van der Waals surface area contributed by atoms with E-state index < -0.39 is 0 Å². The summed E-state index contributed by atoms with van der Waals surface area (Å²) in [5, 5.41) is 0. The second kappa shape index (κ2) is 7.43. The number of hydrogen-bond acceptors (Lipinski definition) is 3. The summed E-state index contributed by atoms with van der Waals surface area (Å²) in [5.74, 6) is 0.841. The van der Waals surface area contributed by atoms with Gasteiger partial charge in [0.25, 0.3) is 0 Å². The van der Waals surface area contributed by atoms with Gasteiger partial charge in [-0.15, -0.1) is 0 Å². The summed E-state index contributed by atoms with van der Waals surface area (Å²) in [7, 11) is 1.67. The summed E-state index contributed by atoms with van der Waals surface area (Å²) in [6, 6.07) is 6.02. The molecule has 0 amide bonds. The van der Waals surface area contributed by atoms with Crippen LogP contribution in [0.1, 0.15) is 44.1 Å². The molecule has 0 atom stereocenters. The summed E-state index contributed by atoms with van der Waals surface area (Å²) >= 11 is 3.49. The zero-order chi connectivity index (χ0) is 14.4. The predicted octanol–water partition coefficient (Wildman–Crippen LogP) is 4.03. The van der Waals surface area contributed by atoms with Crippen LogP contribution in [0, 0.1) is 0 Å². The molecule has 1 aromatic rings. The van der Waals surface area contributed by atoms with Crippen LogP contribution in [0.3, 0.4) is 0 Å². The highest BCUT2D eigenvalue weighted by Crippen LogP contribution is 2.27. The number of ether oxygens (including phenoxy) is 2. The third kappa shape index (κ3) is 4.47. The van der Waals surface area contributed by atoms with Crippen molar-refractivity contribution in [3.8, 4) is 5.75 Å². The second-order valence-electron chi connectivity index (χ2n) is 5.74. The Kier molecular flexibility index (Phi) is 5.87. The highest BCUT2D eigenvalue weighted by Gasteiger charge is 2.26. The van der Waals surface area contributed by atoms with Crippen molar-refractivity contribution in [2.75, 3.05) is 13.7 Å². The van der Waals surface area contributed by atoms with Gasteiger partial charge in [-0.3, -0.25) is 0 Å². The molecule has 2 rings (SSSR count). The topological polar surface area (TPSA) is 44.5 Å². The lowest BCUT2D eigenvalue weighted by Crippen LogP contribution is -2.43. The van der Waals surface area contributed by atoms with Crippen molar-refractivity contribution in [1.29, 1.82) is 0 Å². The van der Waals surface area contributed by atoms with Gasteiger partial charge in [-0.25, -0.2) is 0 Å². The first-order chi connectivity index (χ1) is 9.63. The molecular formula is C16H24BrNO2. The fourth-order valence-corrected chi connectivity index (χ4v) is 3.34. The van der Waals surface area contributed by atoms with Crippen LogP contribution in [0.15, 0.2) is 22.7 Å². The maximum absolute atomic E-state index is 6.44. The number of methoxy groups -OCH3 is 1. The molecule has 0 saturated heterocycles. The maximum atomic E-state index is 6.44. The van der Waals surface area contributed by atoms with Crippen LogP contribution in [-0.4, -0.2) is 19.3 Å². The third-order valence-corrected chi connectivity index (χ3v) is 4.59. The molecule has 3 nitrogen and oxygen atoms in total. The van der Waals surface area contributed by atoms with E-state index >= 15 is 0 Å². The van der Waals surface area contributed by atoms with E-state index in [-0.39, 0.29) is 5.54 Å². The van der Waals surface area contributed by atoms with E-state index in [4.69, 9.17) is 15.2 Å². The van der Waals surface area contributed by atoms with E-state index in [9.17, 15) is 0 Å². The molecule has 1 fully saturated rings. The molecule has 0 spiro atoms. The Morgan fingerprint density at radius 3 is 2.50 bits per heavy atom. The van der Waals surface area contributed by atoms with E-state index in [1.165, 1.54) is 25.7 Å². The molecule has 112 valence electrons. The largest absolute Gasteiger partial charge is 0.496 e. The number of rotatable bonds is 5. The molecule has 1 aliphatic rings. The quantitative estimate of drug-likeness (QED) is 0.822. The fraction of sp³-hybridized carbons (Fsp3) is 0.625. The minimum Gasteiger partial charge on any atom is -0.496 e. The molecule has 4 heteroatoms. The highest BCUT2D eigenvalue weighted by atomic mass is 79.9. The highest BCUT2D eigenvalue weighted by molar-refractivity contribution is 9.10. The number of benzene rings is 1. The number of halogens is 1. The van der Waals surface area contributed by atoms with Crippen LogP contribution >= 0.6 is 15.9 Å². The number of hydrogen-bond donors (Lipinski definition) is 1. The zero-order valence-corrected chi connectivity index (χ0v) is 13.7. The van der Waals surface area contributed by atoms with E-state index in [1.807, 2.05) is 18.2 Å². The van der Waals surface area contributed by atoms with Gasteiger partial charge in [-0.1, -0.05) is 31.7 Å². The van der Waals surface area contributed by atoms with Crippen LogP contribution in [-0.2, 0) is 11.3 Å². The van der Waals surface area contributed by atoms with Gasteiger partial charge >= 0.3 is 0 Å². The molecule has 0 radical (unpaired) electrons. The van der Waals surface area contributed by atoms with Gasteiger partial charge in [0.1, 0.15) is 5.75 Å². The van der Waals surface area contributed by atoms with Crippen LogP contribution in [0.25, 0.3) is 0 Å². The summed E-state index contributed by atoms with van der Waals surface area (Å²) < 4.78 is 12.0. The minimum atomic E-state index is -0.125. The van der Waals surface area contributed by atoms with Crippen LogP contribution in [0.4, 0.5) is 0 Å². The second-order valence-corrected chi connectivity index (χ2v) is 6.59. The molecule has 0 unspecified atom stereocenters. The van der Waals surface area contributed by atoms with E-state index in [0.29, 0.717) is 13.2 Å². The lowest BCUT2D eigenvalue weighted by Gasteiger charge is -2.27. The van der Waals surface area contributed by atoms with Gasteiger partial charge in [0.15, 0.2) is 0 Å². The van der Waals surface area contributed by atoms with Crippen LogP contribution in [0.5, 0.6) is 5.75 Å². The Morgan fingerprint density at radius 1 is 1.20 bits per heavy atom. The van der Waals surface area contributed by atoms with Crippen molar-refractivity contribution >= 4 is 15.9 Å². The zero-order valence-electron chi connectivity index (χ0n) is 12.2. The van der Waals surface area contributed by atoms with Gasteiger partial charge in [-0.05, 0) is 46.5 Å². The summed E-state index contributed by atoms with van der Waals surface area (Å²) in [5.41, 5.74) is 7.45. The van der Waals surface area contributed by atoms with Crippen LogP contribution in [0.2, 0.25) is 0 Å². The van der Waals surface area contributed by atoms with Crippen molar-refractivity contribution in [3.63, 3.8) is 0 Å². The standard InChI is InChI=1S/C16H24BrNO2/c1-19-15-7-6-13(10-14(15)17)11-20-12-16(18)8-4-2-3-5-9-16/h6-7,10H,2-5,8-9,11-12,18H2,1H3. The van der Waals surface area contributed by atoms with Gasteiger partial charge in [-0.2, -0.15) is 0 Å². The number of nitrogens with two attached hydrogens (primary N) is 1. The molecule has 1 saturated carbocycles. The molecule has 1 aromatic carbocycles. The van der Waals surface area contributed by atoms with Crippen molar-refractivity contribution in [1.82, 2.24) is 0 Å². The summed E-state index contributed by atoms with van der Waals surface area (Å²) in [6.45, 7) is 1.25. The van der Waals surface area contributed by atoms with Crippen molar-refractivity contribution in [2.45, 2.75) is 50.7 Å². The summed E-state index contributed by atoms with van der Waals surface area (Å²) in [4.78, 5) is 0. The first kappa shape index (κ1) is 15.8. The van der Waals surface area contributed by atoms with Gasteiger partial charge in [0.2, 0.25) is 0 Å². The van der Waals surface area contributed by atoms with E-state index in [2.05, 4.69) is 15.9 Å². The SMILES string of the molecule is COc1ccc(COCC2(N)CCCCCC2)cc1Br. The molecule has 20 heavy (non-hydrogen) atoms. The first-order valence-corrected chi connectivity index (χ1v) is 8.11. The Bertz CT molecular complexity index is 428. The van der Waals surface area contributed by atoms with Crippen LogP contribution < -0.4 is 10.5 Å². The predicted molar refractivity (Wildman–Crippen MR) is 85.0 cm³/mol. The van der Waals surface area contributed by atoms with Gasteiger partial charge in [0.05, 0.1) is 24.8 Å². The molecule has 0 heterocycles. The minimum absolute atomic E-state index is 0.125. The molecule has 0 aromatic heterocycles. The van der Waals surface area contributed by atoms with Crippen molar-refractivity contribution < 1.29 is 9.47 Å². The smallest absolute Gasteiger partial charge is 0.133 e. The Balaban J connectivity index is 1.84. The van der Waals surface area contributed by atoms with Gasteiger partial charge in [0, 0.05) is 5.54 Å². The molecule has 2 N–H and O–H groups in total. The van der Waals surface area contributed by atoms with Crippen molar-refractivity contribution in [2.24, 2.45) is 5.73 Å². The monoisotopic (exact) mass is 341 g/mol. The normalized spacial score (nSPS) is 18.6. The van der Waals surface area contributed by atoms with E-state index in [1.54, 1.807) is 7.11 Å². The molecule has 1 aliphatic carbocycles. The Hall–Kier alpha value is -0.580. The van der Waals surface area contributed by atoms with Crippen molar-refractivity contribution in [3.05, 3.63) is 28.2 Å². The average Bonchev–Trinajstić information content (AvgIpc) is 2.64. The molecule has 0 bridgehead atoms.